The molecule has 5 rings (SSSR count). The minimum atomic E-state index is -4.41. The van der Waals surface area contributed by atoms with Crippen LogP contribution in [0.4, 0.5) is 11.4 Å². The number of rotatable bonds is 7. The second-order valence-electron chi connectivity index (χ2n) is 9.28. The van der Waals surface area contributed by atoms with E-state index in [4.69, 9.17) is 0 Å². The number of benzene rings is 4. The molecule has 0 radical (unpaired) electrons. The van der Waals surface area contributed by atoms with Crippen molar-refractivity contribution < 1.29 is 17.2 Å². The SMILES string of the molecule is CCN1B(c2ccc([P+](C)(c3ccccc3)c3ccccc3)cc2)N(CC)c2ccccc21.COS(=O)(=O)[O-]. The molecule has 0 spiro atoms. The monoisotopic (exact) mass is 560 g/mol. The molecule has 39 heavy (non-hydrogen) atoms. The average Bonchev–Trinajstić information content (AvgIpc) is 3.31. The van der Waals surface area contributed by atoms with Crippen LogP contribution in [0.25, 0.3) is 0 Å². The summed E-state index contributed by atoms with van der Waals surface area (Å²) < 4.78 is 31.0. The van der Waals surface area contributed by atoms with Crippen LogP contribution in [-0.4, -0.2) is 46.8 Å². The second kappa shape index (κ2) is 12.4. The molecule has 0 unspecified atom stereocenters. The van der Waals surface area contributed by atoms with Gasteiger partial charge < -0.3 is 14.2 Å². The lowest BCUT2D eigenvalue weighted by atomic mass is 9.65. The number of hydrogen-bond donors (Lipinski definition) is 0. The van der Waals surface area contributed by atoms with Gasteiger partial charge in [0, 0.05) is 24.5 Å². The van der Waals surface area contributed by atoms with Gasteiger partial charge in [0.25, 0.3) is 0 Å². The van der Waals surface area contributed by atoms with Crippen LogP contribution in [0.3, 0.4) is 0 Å². The molecule has 0 atom stereocenters. The van der Waals surface area contributed by atoms with Gasteiger partial charge in [0.05, 0.1) is 13.8 Å². The Hall–Kier alpha value is -3.16. The summed E-state index contributed by atoms with van der Waals surface area (Å²) in [6.45, 7) is 9.17. The maximum Gasteiger partial charge on any atom is 0.411 e. The quantitative estimate of drug-likeness (QED) is 0.148. The Kier molecular flexibility index (Phi) is 9.14. The Bertz CT molecular complexity index is 1400. The first kappa shape index (κ1) is 28.8. The van der Waals surface area contributed by atoms with Gasteiger partial charge in [0.2, 0.25) is 10.4 Å². The summed E-state index contributed by atoms with van der Waals surface area (Å²) in [7, 11) is -5.31. The summed E-state index contributed by atoms with van der Waals surface area (Å²) in [6, 6.07) is 40.3. The number of para-hydroxylation sites is 2. The van der Waals surface area contributed by atoms with E-state index in [1.54, 1.807) is 0 Å². The number of nitrogens with zero attached hydrogens (tertiary/aromatic N) is 2. The van der Waals surface area contributed by atoms with Gasteiger partial charge in [-0.25, -0.2) is 8.42 Å². The van der Waals surface area contributed by atoms with E-state index in [0.717, 1.165) is 20.2 Å². The summed E-state index contributed by atoms with van der Waals surface area (Å²) in [5.74, 6) is 0. The van der Waals surface area contributed by atoms with Gasteiger partial charge in [-0.05, 0) is 67.8 Å². The summed E-state index contributed by atoms with van der Waals surface area (Å²) >= 11 is 0. The predicted octanol–water partition coefficient (Wildman–Crippen LogP) is 3.76. The van der Waals surface area contributed by atoms with Crippen molar-refractivity contribution in [2.75, 3.05) is 36.5 Å². The molecule has 4 aromatic carbocycles. The third-order valence-corrected chi connectivity index (χ3v) is 11.6. The molecule has 0 bridgehead atoms. The maximum atomic E-state index is 9.22. The van der Waals surface area contributed by atoms with Gasteiger partial charge in [-0.2, -0.15) is 0 Å². The molecule has 0 aromatic heterocycles. The zero-order valence-corrected chi connectivity index (χ0v) is 24.5. The van der Waals surface area contributed by atoms with Crippen molar-refractivity contribution in [3.05, 3.63) is 109 Å². The van der Waals surface area contributed by atoms with E-state index in [1.165, 1.54) is 32.8 Å². The lowest BCUT2D eigenvalue weighted by Crippen LogP contribution is -2.56. The third-order valence-electron chi connectivity index (χ3n) is 7.23. The minimum absolute atomic E-state index is 0.240. The van der Waals surface area contributed by atoms with Crippen molar-refractivity contribution in [1.82, 2.24) is 0 Å². The summed E-state index contributed by atoms with van der Waals surface area (Å²) in [5.41, 5.74) is 4.02. The van der Waals surface area contributed by atoms with Gasteiger partial charge in [-0.1, -0.05) is 60.7 Å². The fourth-order valence-electron chi connectivity index (χ4n) is 5.27. The molecule has 1 aliphatic heterocycles. The minimum Gasteiger partial charge on any atom is -0.726 e. The van der Waals surface area contributed by atoms with Crippen LogP contribution in [0, 0.1) is 0 Å². The van der Waals surface area contributed by atoms with E-state index in [0.29, 0.717) is 0 Å². The molecule has 0 amide bonds. The van der Waals surface area contributed by atoms with Crippen molar-refractivity contribution in [3.8, 4) is 0 Å². The molecule has 6 nitrogen and oxygen atoms in total. The standard InChI is InChI=1S/C29H31BN2P.CH4O4S/c1-4-31-28-18-12-13-19-29(28)32(5-2)30(31)24-20-22-27(23-21-24)33(3,25-14-8-6-9-15-25)26-16-10-7-11-17-26;1-5-6(2,3)4/h6-23H,4-5H2,1-3H3;1H3,(H,2,3,4)/q+1;/p-1. The molecule has 202 valence electrons. The van der Waals surface area contributed by atoms with Crippen LogP contribution in [0.1, 0.15) is 13.8 Å². The van der Waals surface area contributed by atoms with Gasteiger partial charge >= 0.3 is 6.98 Å². The number of fused-ring (bicyclic) bond motifs is 1. The fourth-order valence-corrected chi connectivity index (χ4v) is 8.45. The molecule has 0 saturated heterocycles. The Balaban J connectivity index is 0.000000531. The second-order valence-corrected chi connectivity index (χ2v) is 14.0. The average molecular weight is 560 g/mol. The number of anilines is 2. The van der Waals surface area contributed by atoms with Gasteiger partial charge in [0.15, 0.2) is 0 Å². The van der Waals surface area contributed by atoms with Crippen LogP contribution >= 0.6 is 7.26 Å². The molecule has 0 aliphatic carbocycles. The highest BCUT2D eigenvalue weighted by Gasteiger charge is 2.42. The molecular formula is C30H34BN2O4PS. The molecule has 0 saturated carbocycles. The van der Waals surface area contributed by atoms with Gasteiger partial charge in [0.1, 0.15) is 23.2 Å². The van der Waals surface area contributed by atoms with E-state index < -0.39 is 17.7 Å². The first-order valence-electron chi connectivity index (χ1n) is 13.0. The zero-order chi connectivity index (χ0) is 28.0. The molecule has 1 heterocycles. The van der Waals surface area contributed by atoms with Crippen molar-refractivity contribution in [1.29, 1.82) is 0 Å². The van der Waals surface area contributed by atoms with E-state index in [9.17, 15) is 13.0 Å². The van der Waals surface area contributed by atoms with Crippen LogP contribution in [0.15, 0.2) is 109 Å². The third kappa shape index (κ3) is 6.05. The molecular weight excluding hydrogens is 526 g/mol. The first-order valence-corrected chi connectivity index (χ1v) is 16.5. The van der Waals surface area contributed by atoms with E-state index in [1.807, 2.05) is 0 Å². The summed E-state index contributed by atoms with van der Waals surface area (Å²) in [5, 5.41) is 4.26. The summed E-state index contributed by atoms with van der Waals surface area (Å²) in [4.78, 5) is 5.05. The topological polar surface area (TPSA) is 72.9 Å². The Morgan fingerprint density at radius 1 is 0.692 bits per heavy atom. The Labute approximate surface area is 233 Å². The van der Waals surface area contributed by atoms with Gasteiger partial charge in [-0.15, -0.1) is 0 Å². The normalized spacial score (nSPS) is 13.1. The van der Waals surface area contributed by atoms with Crippen molar-refractivity contribution in [3.63, 3.8) is 0 Å². The maximum absolute atomic E-state index is 9.22. The highest BCUT2D eigenvalue weighted by atomic mass is 32.3. The summed E-state index contributed by atoms with van der Waals surface area (Å²) in [6.07, 6.45) is 0. The smallest absolute Gasteiger partial charge is 0.411 e. The first-order chi connectivity index (χ1) is 18.7. The van der Waals surface area contributed by atoms with E-state index in [2.05, 4.69) is 144 Å². The molecule has 0 fully saturated rings. The van der Waals surface area contributed by atoms with E-state index >= 15 is 0 Å². The largest absolute Gasteiger partial charge is 0.726 e. The van der Waals surface area contributed by atoms with E-state index in [-0.39, 0.29) is 6.98 Å². The molecule has 1 aliphatic rings. The van der Waals surface area contributed by atoms with Crippen LogP contribution in [-0.2, 0) is 14.6 Å². The zero-order valence-electron chi connectivity index (χ0n) is 22.8. The highest BCUT2D eigenvalue weighted by molar-refractivity contribution is 7.95. The molecule has 0 N–H and O–H groups in total. The Morgan fingerprint density at radius 3 is 1.41 bits per heavy atom. The van der Waals surface area contributed by atoms with Crippen LogP contribution < -0.4 is 31.0 Å². The van der Waals surface area contributed by atoms with Gasteiger partial charge in [-0.3, -0.25) is 4.18 Å². The van der Waals surface area contributed by atoms with Crippen molar-refractivity contribution >= 4 is 57.4 Å². The number of hydrogen-bond acceptors (Lipinski definition) is 6. The van der Waals surface area contributed by atoms with Crippen molar-refractivity contribution in [2.24, 2.45) is 0 Å². The lowest BCUT2D eigenvalue weighted by Gasteiger charge is -2.29. The molecule has 9 heteroatoms. The highest BCUT2D eigenvalue weighted by Crippen LogP contribution is 2.51. The van der Waals surface area contributed by atoms with Crippen LogP contribution in [0.2, 0.25) is 0 Å². The van der Waals surface area contributed by atoms with Crippen molar-refractivity contribution in [2.45, 2.75) is 13.8 Å². The fraction of sp³-hybridized carbons (Fsp3) is 0.200. The molecule has 4 aromatic rings. The predicted molar refractivity (Wildman–Crippen MR) is 166 cm³/mol. The van der Waals surface area contributed by atoms with Crippen LogP contribution in [0.5, 0.6) is 0 Å². The Morgan fingerprint density at radius 2 is 1.05 bits per heavy atom. The lowest BCUT2D eigenvalue weighted by molar-refractivity contribution is 0.314.